The van der Waals surface area contributed by atoms with Crippen LogP contribution < -0.4 is 5.73 Å². The maximum atomic E-state index is 5.72. The van der Waals surface area contributed by atoms with Crippen molar-refractivity contribution >= 4 is 0 Å². The highest BCUT2D eigenvalue weighted by atomic mass is 16.5. The molecular formula is C12H19NO2. The molecule has 0 aliphatic heterocycles. The first-order valence-corrected chi connectivity index (χ1v) is 5.67. The molecule has 0 bridgehead atoms. The Morgan fingerprint density at radius 1 is 1.53 bits per heavy atom. The van der Waals surface area contributed by atoms with Crippen LogP contribution in [0.5, 0.6) is 0 Å². The van der Waals surface area contributed by atoms with Gasteiger partial charge in [0.15, 0.2) is 0 Å². The van der Waals surface area contributed by atoms with E-state index in [0.717, 1.165) is 30.5 Å². The number of furan rings is 1. The summed E-state index contributed by atoms with van der Waals surface area (Å²) in [6, 6.07) is 3.90. The van der Waals surface area contributed by atoms with E-state index in [0.29, 0.717) is 6.54 Å². The molecule has 2 N–H and O–H groups in total. The fourth-order valence-corrected chi connectivity index (χ4v) is 1.68. The normalized spacial score (nSPS) is 18.0. The van der Waals surface area contributed by atoms with Crippen LogP contribution in [0.1, 0.15) is 36.9 Å². The van der Waals surface area contributed by atoms with Crippen molar-refractivity contribution in [1.82, 2.24) is 0 Å². The molecule has 0 radical (unpaired) electrons. The van der Waals surface area contributed by atoms with Crippen molar-refractivity contribution in [3.63, 3.8) is 0 Å². The van der Waals surface area contributed by atoms with E-state index < -0.39 is 0 Å². The lowest BCUT2D eigenvalue weighted by Crippen LogP contribution is -2.16. The van der Waals surface area contributed by atoms with Gasteiger partial charge in [0.05, 0.1) is 0 Å². The Morgan fingerprint density at radius 3 is 2.87 bits per heavy atom. The highest BCUT2D eigenvalue weighted by molar-refractivity contribution is 5.08. The summed E-state index contributed by atoms with van der Waals surface area (Å²) >= 11 is 0. The van der Waals surface area contributed by atoms with Crippen LogP contribution in [0, 0.1) is 12.8 Å². The molecule has 15 heavy (non-hydrogen) atoms. The van der Waals surface area contributed by atoms with Gasteiger partial charge in [-0.25, -0.2) is 0 Å². The van der Waals surface area contributed by atoms with Crippen LogP contribution in [0.25, 0.3) is 0 Å². The Bertz CT molecular complexity index is 304. The van der Waals surface area contributed by atoms with Crippen molar-refractivity contribution < 1.29 is 9.15 Å². The number of nitrogens with two attached hydrogens (primary N) is 1. The van der Waals surface area contributed by atoms with E-state index in [1.165, 1.54) is 12.8 Å². The van der Waals surface area contributed by atoms with Gasteiger partial charge in [0.2, 0.25) is 0 Å². The predicted molar refractivity (Wildman–Crippen MR) is 58.5 cm³/mol. The van der Waals surface area contributed by atoms with Gasteiger partial charge in [0.25, 0.3) is 0 Å². The van der Waals surface area contributed by atoms with Gasteiger partial charge in [-0.05, 0) is 31.4 Å². The second-order valence-corrected chi connectivity index (χ2v) is 4.28. The summed E-state index contributed by atoms with van der Waals surface area (Å²) in [7, 11) is 0. The maximum Gasteiger partial charge on any atom is 0.134 e. The molecular weight excluding hydrogens is 190 g/mol. The fraction of sp³-hybridized carbons (Fsp3) is 0.667. The SMILES string of the molecule is Cc1ccc(C(CN)OCCC2CC2)o1. The number of aryl methyl sites for hydroxylation is 1. The molecule has 1 heterocycles. The van der Waals surface area contributed by atoms with E-state index in [1.54, 1.807) is 0 Å². The summed E-state index contributed by atoms with van der Waals surface area (Å²) in [4.78, 5) is 0. The van der Waals surface area contributed by atoms with Crippen molar-refractivity contribution in [3.8, 4) is 0 Å². The van der Waals surface area contributed by atoms with Crippen LogP contribution in [0.2, 0.25) is 0 Å². The van der Waals surface area contributed by atoms with E-state index >= 15 is 0 Å². The van der Waals surface area contributed by atoms with Gasteiger partial charge >= 0.3 is 0 Å². The molecule has 2 rings (SSSR count). The average Bonchev–Trinajstić information content (AvgIpc) is 2.96. The number of rotatable bonds is 6. The van der Waals surface area contributed by atoms with Crippen molar-refractivity contribution in [2.75, 3.05) is 13.2 Å². The van der Waals surface area contributed by atoms with Crippen LogP contribution in [0.4, 0.5) is 0 Å². The van der Waals surface area contributed by atoms with Gasteiger partial charge < -0.3 is 14.9 Å². The van der Waals surface area contributed by atoms with E-state index in [2.05, 4.69) is 0 Å². The molecule has 0 amide bonds. The summed E-state index contributed by atoms with van der Waals surface area (Å²) in [5.74, 6) is 2.67. The fourth-order valence-electron chi connectivity index (χ4n) is 1.68. The standard InChI is InChI=1S/C12H19NO2/c1-9-2-5-11(15-9)12(8-13)14-7-6-10-3-4-10/h2,5,10,12H,3-4,6-8,13H2,1H3. The molecule has 1 aromatic rings. The van der Waals surface area contributed by atoms with Crippen molar-refractivity contribution in [2.24, 2.45) is 11.7 Å². The lowest BCUT2D eigenvalue weighted by molar-refractivity contribution is 0.0395. The zero-order chi connectivity index (χ0) is 10.7. The average molecular weight is 209 g/mol. The van der Waals surface area contributed by atoms with Gasteiger partial charge in [0, 0.05) is 13.2 Å². The minimum absolute atomic E-state index is 0.0718. The summed E-state index contributed by atoms with van der Waals surface area (Å²) in [6.45, 7) is 3.21. The molecule has 1 aliphatic rings. The zero-order valence-corrected chi connectivity index (χ0v) is 9.24. The first-order chi connectivity index (χ1) is 7.29. The van der Waals surface area contributed by atoms with Crippen molar-refractivity contribution in [3.05, 3.63) is 23.7 Å². The third kappa shape index (κ3) is 3.08. The van der Waals surface area contributed by atoms with Crippen LogP contribution in [-0.4, -0.2) is 13.2 Å². The molecule has 0 spiro atoms. The minimum atomic E-state index is -0.0718. The Labute approximate surface area is 90.6 Å². The molecule has 1 fully saturated rings. The van der Waals surface area contributed by atoms with Crippen LogP contribution in [-0.2, 0) is 4.74 Å². The lowest BCUT2D eigenvalue weighted by Gasteiger charge is -2.13. The first kappa shape index (κ1) is 10.7. The zero-order valence-electron chi connectivity index (χ0n) is 9.24. The molecule has 1 saturated carbocycles. The molecule has 3 nitrogen and oxygen atoms in total. The highest BCUT2D eigenvalue weighted by Crippen LogP contribution is 2.32. The van der Waals surface area contributed by atoms with Crippen molar-refractivity contribution in [1.29, 1.82) is 0 Å². The van der Waals surface area contributed by atoms with E-state index in [9.17, 15) is 0 Å². The number of hydrogen-bond donors (Lipinski definition) is 1. The molecule has 0 aromatic carbocycles. The molecule has 1 unspecified atom stereocenters. The Balaban J connectivity index is 1.80. The van der Waals surface area contributed by atoms with Crippen LogP contribution >= 0.6 is 0 Å². The van der Waals surface area contributed by atoms with Crippen molar-refractivity contribution in [2.45, 2.75) is 32.3 Å². The van der Waals surface area contributed by atoms with Gasteiger partial charge in [-0.1, -0.05) is 12.8 Å². The van der Waals surface area contributed by atoms with Gasteiger partial charge in [-0.15, -0.1) is 0 Å². The van der Waals surface area contributed by atoms with Gasteiger partial charge in [-0.3, -0.25) is 0 Å². The highest BCUT2D eigenvalue weighted by Gasteiger charge is 2.22. The van der Waals surface area contributed by atoms with E-state index in [4.69, 9.17) is 14.9 Å². The molecule has 1 aromatic heterocycles. The first-order valence-electron chi connectivity index (χ1n) is 5.67. The Morgan fingerprint density at radius 2 is 2.33 bits per heavy atom. The predicted octanol–water partition coefficient (Wildman–Crippen LogP) is 2.40. The van der Waals surface area contributed by atoms with Gasteiger partial charge in [0.1, 0.15) is 17.6 Å². The van der Waals surface area contributed by atoms with E-state index in [1.807, 2.05) is 19.1 Å². The van der Waals surface area contributed by atoms with Crippen LogP contribution in [0.3, 0.4) is 0 Å². The third-order valence-corrected chi connectivity index (χ3v) is 2.83. The van der Waals surface area contributed by atoms with E-state index in [-0.39, 0.29) is 6.10 Å². The monoisotopic (exact) mass is 209 g/mol. The number of ether oxygens (including phenoxy) is 1. The van der Waals surface area contributed by atoms with Gasteiger partial charge in [-0.2, -0.15) is 0 Å². The quantitative estimate of drug-likeness (QED) is 0.782. The van der Waals surface area contributed by atoms with Crippen LogP contribution in [0.15, 0.2) is 16.5 Å². The Kier molecular flexibility index (Phi) is 3.44. The summed E-state index contributed by atoms with van der Waals surface area (Å²) < 4.78 is 11.2. The summed E-state index contributed by atoms with van der Waals surface area (Å²) in [6.07, 6.45) is 3.83. The largest absolute Gasteiger partial charge is 0.464 e. The minimum Gasteiger partial charge on any atom is -0.464 e. The number of hydrogen-bond acceptors (Lipinski definition) is 3. The maximum absolute atomic E-state index is 5.72. The topological polar surface area (TPSA) is 48.4 Å². The molecule has 1 atom stereocenters. The Hall–Kier alpha value is -0.800. The molecule has 1 aliphatic carbocycles. The second kappa shape index (κ2) is 4.81. The third-order valence-electron chi connectivity index (χ3n) is 2.83. The molecule has 0 saturated heterocycles. The summed E-state index contributed by atoms with van der Waals surface area (Å²) in [5, 5.41) is 0. The molecule has 3 heteroatoms. The second-order valence-electron chi connectivity index (χ2n) is 4.28. The lowest BCUT2D eigenvalue weighted by atomic mass is 10.2. The summed E-state index contributed by atoms with van der Waals surface area (Å²) in [5.41, 5.74) is 5.66. The molecule has 84 valence electrons. The smallest absolute Gasteiger partial charge is 0.134 e.